The number of hydrogen-bond acceptors (Lipinski definition) is 6. The highest BCUT2D eigenvalue weighted by molar-refractivity contribution is 5.69. The van der Waals surface area contributed by atoms with E-state index >= 15 is 0 Å². The molecule has 7 nitrogen and oxygen atoms in total. The molecule has 2 N–H and O–H groups in total. The minimum Gasteiger partial charge on any atom is -0.487 e. The number of nitrogens with zero attached hydrogens (tertiary/aromatic N) is 1. The Morgan fingerprint density at radius 2 is 1.79 bits per heavy atom. The van der Waals surface area contributed by atoms with E-state index in [0.717, 1.165) is 63.8 Å². The molecule has 7 heteroatoms. The molecular weight excluding hydrogens is 480 g/mol. The van der Waals surface area contributed by atoms with Gasteiger partial charge in [0.15, 0.2) is 0 Å². The van der Waals surface area contributed by atoms with Crippen LogP contribution in [-0.2, 0) is 15.9 Å². The number of piperidine rings is 1. The summed E-state index contributed by atoms with van der Waals surface area (Å²) in [4.78, 5) is 14.3. The number of rotatable bonds is 5. The van der Waals surface area contributed by atoms with E-state index in [1.807, 2.05) is 4.90 Å². The minimum atomic E-state index is -0.200. The molecule has 1 unspecified atom stereocenters. The molecule has 208 valence electrons. The number of aliphatic hydroxyl groups excluding tert-OH is 1. The van der Waals surface area contributed by atoms with Gasteiger partial charge in [0.05, 0.1) is 12.7 Å². The minimum absolute atomic E-state index is 0.0227. The number of anilines is 1. The molecule has 2 saturated heterocycles. The summed E-state index contributed by atoms with van der Waals surface area (Å²) in [5.41, 5.74) is 4.63. The predicted molar refractivity (Wildman–Crippen MR) is 151 cm³/mol. The summed E-state index contributed by atoms with van der Waals surface area (Å²) >= 11 is 0. The predicted octanol–water partition coefficient (Wildman–Crippen LogP) is 5.90. The Morgan fingerprint density at radius 3 is 2.45 bits per heavy atom. The fraction of sp³-hybridized carbons (Fsp3) is 0.581. The van der Waals surface area contributed by atoms with Crippen LogP contribution in [0.15, 0.2) is 42.5 Å². The zero-order chi connectivity index (χ0) is 27.2. The number of carbonyl (C=O) groups is 1. The number of ether oxygens (including phenoxy) is 3. The van der Waals surface area contributed by atoms with Crippen LogP contribution in [-0.4, -0.2) is 67.8 Å². The van der Waals surface area contributed by atoms with Gasteiger partial charge in [-0.25, -0.2) is 4.79 Å². The Morgan fingerprint density at radius 1 is 1.08 bits per heavy atom. The van der Waals surface area contributed by atoms with Crippen LogP contribution in [0.2, 0.25) is 0 Å². The third-order valence-corrected chi connectivity index (χ3v) is 7.57. The summed E-state index contributed by atoms with van der Waals surface area (Å²) in [5, 5.41) is 10.5. The molecule has 2 aromatic carbocycles. The number of fused-ring (bicyclic) bond motifs is 1. The van der Waals surface area contributed by atoms with Gasteiger partial charge in [-0.1, -0.05) is 39.0 Å². The van der Waals surface area contributed by atoms with E-state index < -0.39 is 0 Å². The maximum atomic E-state index is 12.5. The van der Waals surface area contributed by atoms with Gasteiger partial charge in [-0.15, -0.1) is 0 Å². The molecule has 1 amide bonds. The Balaban J connectivity index is 0.00000164. The average molecular weight is 525 g/mol. The maximum Gasteiger partial charge on any atom is 0.409 e. The van der Waals surface area contributed by atoms with Crippen molar-refractivity contribution in [1.82, 2.24) is 4.90 Å². The number of aliphatic hydroxyl groups is 1. The van der Waals surface area contributed by atoms with Crippen molar-refractivity contribution in [1.29, 1.82) is 0 Å². The topological polar surface area (TPSA) is 80.3 Å². The van der Waals surface area contributed by atoms with Crippen molar-refractivity contribution in [2.45, 2.75) is 71.0 Å². The molecule has 0 saturated carbocycles. The molecule has 2 aromatic rings. The van der Waals surface area contributed by atoms with Crippen molar-refractivity contribution >= 4 is 11.8 Å². The van der Waals surface area contributed by atoms with Gasteiger partial charge in [0.1, 0.15) is 11.4 Å². The average Bonchev–Trinajstić information content (AvgIpc) is 3.46. The number of benzene rings is 2. The van der Waals surface area contributed by atoms with Crippen LogP contribution in [0, 0.1) is 5.41 Å². The van der Waals surface area contributed by atoms with E-state index in [1.54, 1.807) is 0 Å². The summed E-state index contributed by atoms with van der Waals surface area (Å²) in [6.45, 7) is 9.78. The van der Waals surface area contributed by atoms with Crippen molar-refractivity contribution in [3.8, 4) is 16.9 Å². The van der Waals surface area contributed by atoms with Gasteiger partial charge >= 0.3 is 6.09 Å². The summed E-state index contributed by atoms with van der Waals surface area (Å²) in [6.07, 6.45) is 6.12. The number of amides is 1. The quantitative estimate of drug-likeness (QED) is 0.507. The number of aryl methyl sites for hydroxylation is 1. The van der Waals surface area contributed by atoms with E-state index in [1.165, 1.54) is 23.1 Å². The molecule has 0 aliphatic carbocycles. The van der Waals surface area contributed by atoms with Gasteiger partial charge in [0.25, 0.3) is 0 Å². The van der Waals surface area contributed by atoms with Crippen LogP contribution in [0.25, 0.3) is 11.1 Å². The number of likely N-dealkylation sites (tertiary alicyclic amines) is 1. The van der Waals surface area contributed by atoms with Crippen LogP contribution < -0.4 is 10.1 Å². The first-order chi connectivity index (χ1) is 18.3. The SMILES string of the molecule is CC(C)(C)COC(=O)N1CCC2(CCc3cc(-c4ccc(NCC5CCCO5)cc4)ccc3O2)CC1.CO. The molecule has 3 heterocycles. The third-order valence-electron chi connectivity index (χ3n) is 7.57. The van der Waals surface area contributed by atoms with E-state index in [0.29, 0.717) is 25.8 Å². The lowest BCUT2D eigenvalue weighted by Gasteiger charge is -2.44. The van der Waals surface area contributed by atoms with Crippen molar-refractivity contribution in [2.75, 3.05) is 45.3 Å². The maximum absolute atomic E-state index is 12.5. The molecule has 0 bridgehead atoms. The molecule has 0 radical (unpaired) electrons. The summed E-state index contributed by atoms with van der Waals surface area (Å²) in [6, 6.07) is 15.2. The lowest BCUT2D eigenvalue weighted by atomic mass is 9.82. The summed E-state index contributed by atoms with van der Waals surface area (Å²) in [7, 11) is 1.00. The van der Waals surface area contributed by atoms with Crippen LogP contribution in [0.3, 0.4) is 0 Å². The van der Waals surface area contributed by atoms with Crippen molar-refractivity contribution < 1.29 is 24.1 Å². The van der Waals surface area contributed by atoms with Crippen LogP contribution >= 0.6 is 0 Å². The summed E-state index contributed by atoms with van der Waals surface area (Å²) < 4.78 is 17.8. The second-order valence-corrected chi connectivity index (χ2v) is 11.8. The number of hydrogen-bond donors (Lipinski definition) is 2. The molecule has 38 heavy (non-hydrogen) atoms. The zero-order valence-corrected chi connectivity index (χ0v) is 23.4. The van der Waals surface area contributed by atoms with Crippen LogP contribution in [0.4, 0.5) is 10.5 Å². The molecule has 3 aliphatic heterocycles. The normalized spacial score (nSPS) is 20.1. The smallest absolute Gasteiger partial charge is 0.409 e. The fourth-order valence-corrected chi connectivity index (χ4v) is 5.34. The van der Waals surface area contributed by atoms with E-state index in [2.05, 4.69) is 68.6 Å². The van der Waals surface area contributed by atoms with Crippen LogP contribution in [0.5, 0.6) is 5.75 Å². The first kappa shape index (κ1) is 28.2. The van der Waals surface area contributed by atoms with Gasteiger partial charge in [-0.3, -0.25) is 0 Å². The molecular formula is C31H44N2O5. The lowest BCUT2D eigenvalue weighted by Crippen LogP contribution is -2.51. The standard InChI is InChI=1S/C30H40N2O4.CH4O/c1-29(2,3)21-35-28(33)32-16-14-30(15-17-32)13-12-24-19-23(8-11-27(24)36-30)22-6-9-25(10-7-22)31-20-26-5-4-18-34-26;1-2/h6-11,19,26,31H,4-5,12-18,20-21H2,1-3H3;2H,1H3. The Hall–Kier alpha value is -2.77. The lowest BCUT2D eigenvalue weighted by molar-refractivity contribution is -0.0171. The highest BCUT2D eigenvalue weighted by Crippen LogP contribution is 2.41. The second-order valence-electron chi connectivity index (χ2n) is 11.8. The highest BCUT2D eigenvalue weighted by atomic mass is 16.6. The van der Waals surface area contributed by atoms with E-state index in [4.69, 9.17) is 19.3 Å². The third kappa shape index (κ3) is 7.20. The first-order valence-electron chi connectivity index (χ1n) is 13.9. The van der Waals surface area contributed by atoms with Gasteiger partial charge in [-0.05, 0) is 72.1 Å². The van der Waals surface area contributed by atoms with E-state index in [9.17, 15) is 4.79 Å². The Bertz CT molecular complexity index is 1050. The van der Waals surface area contributed by atoms with Crippen molar-refractivity contribution in [2.24, 2.45) is 5.41 Å². The molecule has 1 spiro atoms. The van der Waals surface area contributed by atoms with Crippen LogP contribution in [0.1, 0.15) is 58.4 Å². The zero-order valence-electron chi connectivity index (χ0n) is 23.4. The molecule has 0 aromatic heterocycles. The van der Waals surface area contributed by atoms with Gasteiger partial charge in [0.2, 0.25) is 0 Å². The molecule has 5 rings (SSSR count). The largest absolute Gasteiger partial charge is 0.487 e. The second kappa shape index (κ2) is 12.4. The first-order valence-corrected chi connectivity index (χ1v) is 13.9. The monoisotopic (exact) mass is 524 g/mol. The van der Waals surface area contributed by atoms with E-state index in [-0.39, 0.29) is 17.1 Å². The molecule has 2 fully saturated rings. The van der Waals surface area contributed by atoms with Crippen molar-refractivity contribution in [3.63, 3.8) is 0 Å². The Labute approximate surface area is 227 Å². The number of nitrogens with one attached hydrogen (secondary N) is 1. The highest BCUT2D eigenvalue weighted by Gasteiger charge is 2.41. The fourth-order valence-electron chi connectivity index (χ4n) is 5.34. The molecule has 3 aliphatic rings. The molecule has 1 atom stereocenters. The van der Waals surface area contributed by atoms with Gasteiger partial charge in [-0.2, -0.15) is 0 Å². The summed E-state index contributed by atoms with van der Waals surface area (Å²) in [5.74, 6) is 0.989. The van der Waals surface area contributed by atoms with Crippen molar-refractivity contribution in [3.05, 3.63) is 48.0 Å². The Kier molecular flexibility index (Phi) is 9.21. The number of carbonyl (C=O) groups excluding carboxylic acids is 1. The van der Waals surface area contributed by atoms with Gasteiger partial charge in [0, 0.05) is 51.9 Å². The van der Waals surface area contributed by atoms with Gasteiger partial charge < -0.3 is 29.5 Å².